The zero-order chi connectivity index (χ0) is 13.7. The molecule has 19 heavy (non-hydrogen) atoms. The second kappa shape index (κ2) is 6.33. The van der Waals surface area contributed by atoms with Crippen molar-refractivity contribution in [3.63, 3.8) is 0 Å². The number of hydrogen-bond acceptors (Lipinski definition) is 5. The number of nitrogen functional groups attached to an aromatic ring is 1. The topological polar surface area (TPSA) is 68.2 Å². The zero-order valence-electron chi connectivity index (χ0n) is 11.5. The van der Waals surface area contributed by atoms with Crippen molar-refractivity contribution in [1.29, 1.82) is 0 Å². The van der Waals surface area contributed by atoms with Gasteiger partial charge in [0.25, 0.3) is 5.89 Å². The summed E-state index contributed by atoms with van der Waals surface area (Å²) >= 11 is 0. The van der Waals surface area contributed by atoms with Crippen molar-refractivity contribution in [3.05, 3.63) is 30.1 Å². The van der Waals surface area contributed by atoms with E-state index < -0.39 is 0 Å². The Hall–Kier alpha value is -1.88. The molecule has 1 heterocycles. The van der Waals surface area contributed by atoms with E-state index in [1.807, 2.05) is 24.3 Å². The van der Waals surface area contributed by atoms with Gasteiger partial charge in [-0.25, -0.2) is 0 Å². The Morgan fingerprint density at radius 1 is 1.26 bits per heavy atom. The largest absolute Gasteiger partial charge is 0.399 e. The Bertz CT molecular complexity index is 520. The van der Waals surface area contributed by atoms with E-state index in [9.17, 15) is 0 Å². The summed E-state index contributed by atoms with van der Waals surface area (Å²) in [6, 6.07) is 7.46. The monoisotopic (exact) mass is 260 g/mol. The quantitative estimate of drug-likeness (QED) is 0.806. The maximum absolute atomic E-state index is 5.74. The van der Waals surface area contributed by atoms with Crippen molar-refractivity contribution in [1.82, 2.24) is 15.0 Å². The molecule has 2 N–H and O–H groups in total. The van der Waals surface area contributed by atoms with Crippen molar-refractivity contribution in [2.75, 3.05) is 25.4 Å². The van der Waals surface area contributed by atoms with Crippen LogP contribution in [0.4, 0.5) is 5.69 Å². The number of likely N-dealkylation sites (N-methyl/N-ethyl adjacent to an activating group) is 1. The lowest BCUT2D eigenvalue weighted by Gasteiger charge is -2.16. The summed E-state index contributed by atoms with van der Waals surface area (Å²) in [5.41, 5.74) is 7.30. The molecule has 5 heteroatoms. The minimum absolute atomic E-state index is 0.529. The third kappa shape index (κ3) is 3.54. The molecule has 0 aliphatic rings. The van der Waals surface area contributed by atoms with E-state index in [1.165, 1.54) is 0 Å². The van der Waals surface area contributed by atoms with Crippen LogP contribution >= 0.6 is 0 Å². The first-order valence-corrected chi connectivity index (χ1v) is 6.63. The smallest absolute Gasteiger partial charge is 0.257 e. The van der Waals surface area contributed by atoms with Crippen LogP contribution in [0.5, 0.6) is 0 Å². The van der Waals surface area contributed by atoms with Gasteiger partial charge < -0.3 is 15.2 Å². The van der Waals surface area contributed by atoms with Gasteiger partial charge >= 0.3 is 0 Å². The van der Waals surface area contributed by atoms with Crippen LogP contribution in [0.3, 0.4) is 0 Å². The summed E-state index contributed by atoms with van der Waals surface area (Å²) in [5.74, 6) is 1.27. The molecule has 0 amide bonds. The van der Waals surface area contributed by atoms with E-state index >= 15 is 0 Å². The Kier molecular flexibility index (Phi) is 4.52. The van der Waals surface area contributed by atoms with Gasteiger partial charge in [0, 0.05) is 24.2 Å². The molecule has 2 rings (SSSR count). The molecular weight excluding hydrogens is 240 g/mol. The molecule has 0 spiro atoms. The lowest BCUT2D eigenvalue weighted by atomic mass is 10.2. The minimum atomic E-state index is 0.529. The number of hydrogen-bond donors (Lipinski definition) is 1. The van der Waals surface area contributed by atoms with E-state index in [4.69, 9.17) is 10.3 Å². The number of aromatic nitrogens is 2. The lowest BCUT2D eigenvalue weighted by Crippen LogP contribution is -2.25. The predicted octanol–water partition coefficient (Wildman–Crippen LogP) is 2.20. The van der Waals surface area contributed by atoms with Crippen LogP contribution in [0.1, 0.15) is 19.7 Å². The van der Waals surface area contributed by atoms with E-state index in [-0.39, 0.29) is 0 Å². The normalized spacial score (nSPS) is 11.1. The van der Waals surface area contributed by atoms with Crippen molar-refractivity contribution < 1.29 is 4.52 Å². The third-order valence-electron chi connectivity index (χ3n) is 3.15. The minimum Gasteiger partial charge on any atom is -0.399 e. The van der Waals surface area contributed by atoms with Gasteiger partial charge in [-0.2, -0.15) is 4.98 Å². The Labute approximate surface area is 113 Å². The van der Waals surface area contributed by atoms with Crippen molar-refractivity contribution in [2.45, 2.75) is 20.3 Å². The molecule has 0 fully saturated rings. The molecule has 0 atom stereocenters. The Morgan fingerprint density at radius 3 is 2.74 bits per heavy atom. The van der Waals surface area contributed by atoms with Gasteiger partial charge in [0.1, 0.15) is 0 Å². The van der Waals surface area contributed by atoms with Gasteiger partial charge in [-0.1, -0.05) is 25.1 Å². The highest BCUT2D eigenvalue weighted by Gasteiger charge is 2.09. The van der Waals surface area contributed by atoms with Gasteiger partial charge in [-0.3, -0.25) is 0 Å². The van der Waals surface area contributed by atoms with Gasteiger partial charge in [0.2, 0.25) is 0 Å². The SMILES string of the molecule is CCN(CC)CCc1noc(-c2cccc(N)c2)n1. The second-order valence-electron chi connectivity index (χ2n) is 4.42. The average molecular weight is 260 g/mol. The van der Waals surface area contributed by atoms with Gasteiger partial charge in [-0.05, 0) is 31.3 Å². The van der Waals surface area contributed by atoms with Crippen LogP contribution in [0, 0.1) is 0 Å². The average Bonchev–Trinajstić information content (AvgIpc) is 2.89. The summed E-state index contributed by atoms with van der Waals surface area (Å²) in [5, 5.41) is 4.01. The van der Waals surface area contributed by atoms with Crippen LogP contribution in [0.15, 0.2) is 28.8 Å². The highest BCUT2D eigenvalue weighted by atomic mass is 16.5. The number of benzene rings is 1. The van der Waals surface area contributed by atoms with Crippen molar-refractivity contribution in [3.8, 4) is 11.5 Å². The van der Waals surface area contributed by atoms with Gasteiger partial charge in [-0.15, -0.1) is 0 Å². The fourth-order valence-corrected chi connectivity index (χ4v) is 1.94. The first kappa shape index (κ1) is 13.5. The van der Waals surface area contributed by atoms with E-state index in [1.54, 1.807) is 0 Å². The molecule has 0 unspecified atom stereocenters. The highest BCUT2D eigenvalue weighted by Crippen LogP contribution is 2.19. The number of nitrogens with zero attached hydrogens (tertiary/aromatic N) is 3. The van der Waals surface area contributed by atoms with Crippen LogP contribution in [0.25, 0.3) is 11.5 Å². The Balaban J connectivity index is 2.03. The summed E-state index contributed by atoms with van der Waals surface area (Å²) < 4.78 is 5.27. The molecule has 0 aliphatic heterocycles. The van der Waals surface area contributed by atoms with E-state index in [0.717, 1.165) is 37.4 Å². The highest BCUT2D eigenvalue weighted by molar-refractivity contribution is 5.59. The third-order valence-corrected chi connectivity index (χ3v) is 3.15. The summed E-state index contributed by atoms with van der Waals surface area (Å²) in [4.78, 5) is 6.73. The summed E-state index contributed by atoms with van der Waals surface area (Å²) in [6.45, 7) is 7.32. The fraction of sp³-hybridized carbons (Fsp3) is 0.429. The first-order valence-electron chi connectivity index (χ1n) is 6.63. The second-order valence-corrected chi connectivity index (χ2v) is 4.42. The van der Waals surface area contributed by atoms with Crippen molar-refractivity contribution in [2.24, 2.45) is 0 Å². The first-order chi connectivity index (χ1) is 9.22. The van der Waals surface area contributed by atoms with Crippen LogP contribution in [0.2, 0.25) is 0 Å². The molecule has 1 aromatic heterocycles. The molecule has 2 aromatic rings. The van der Waals surface area contributed by atoms with Gasteiger partial charge in [0.05, 0.1) is 0 Å². The molecule has 0 saturated carbocycles. The lowest BCUT2D eigenvalue weighted by molar-refractivity contribution is 0.303. The molecule has 0 bridgehead atoms. The fourth-order valence-electron chi connectivity index (χ4n) is 1.94. The summed E-state index contributed by atoms with van der Waals surface area (Å²) in [7, 11) is 0. The van der Waals surface area contributed by atoms with Crippen LogP contribution in [-0.2, 0) is 6.42 Å². The molecule has 0 aliphatic carbocycles. The van der Waals surface area contributed by atoms with Crippen LogP contribution in [-0.4, -0.2) is 34.7 Å². The molecule has 0 saturated heterocycles. The molecule has 0 radical (unpaired) electrons. The number of nitrogens with two attached hydrogens (primary N) is 1. The molecular formula is C14H20N4O. The summed E-state index contributed by atoms with van der Waals surface area (Å²) in [6.07, 6.45) is 0.799. The zero-order valence-corrected chi connectivity index (χ0v) is 11.5. The standard InChI is InChI=1S/C14H20N4O/c1-3-18(4-2)9-8-13-16-14(19-17-13)11-6-5-7-12(15)10-11/h5-7,10H,3-4,8-9,15H2,1-2H3. The van der Waals surface area contributed by atoms with Crippen molar-refractivity contribution >= 4 is 5.69 Å². The molecule has 102 valence electrons. The van der Waals surface area contributed by atoms with E-state index in [0.29, 0.717) is 11.6 Å². The maximum Gasteiger partial charge on any atom is 0.257 e. The number of rotatable bonds is 6. The van der Waals surface area contributed by atoms with Gasteiger partial charge in [0.15, 0.2) is 5.82 Å². The van der Waals surface area contributed by atoms with Crippen LogP contribution < -0.4 is 5.73 Å². The maximum atomic E-state index is 5.74. The van der Waals surface area contributed by atoms with E-state index in [2.05, 4.69) is 28.9 Å². The molecule has 5 nitrogen and oxygen atoms in total. The Morgan fingerprint density at radius 2 is 2.05 bits per heavy atom. The molecule has 1 aromatic carbocycles. The predicted molar refractivity (Wildman–Crippen MR) is 75.6 cm³/mol. The number of anilines is 1.